The van der Waals surface area contributed by atoms with Gasteiger partial charge in [0.05, 0.1) is 13.0 Å². The maximum Gasteiger partial charge on any atom is 0.228 e. The molecule has 3 rings (SSSR count). The van der Waals surface area contributed by atoms with Crippen molar-refractivity contribution >= 4 is 17.5 Å². The van der Waals surface area contributed by atoms with E-state index >= 15 is 0 Å². The molecule has 0 radical (unpaired) electrons. The van der Waals surface area contributed by atoms with Crippen LogP contribution in [0, 0.1) is 5.92 Å². The number of anilines is 1. The molecule has 1 aromatic rings. The predicted octanol–water partition coefficient (Wildman–Crippen LogP) is 1.26. The fourth-order valence-corrected chi connectivity index (χ4v) is 3.49. The first-order valence-corrected chi connectivity index (χ1v) is 8.49. The number of methoxy groups -OCH3 is 1. The number of hydrogen-bond acceptors (Lipinski definition) is 4. The Morgan fingerprint density at radius 2 is 1.96 bits per heavy atom. The highest BCUT2D eigenvalue weighted by Crippen LogP contribution is 2.28. The topological polar surface area (TPSA) is 61.9 Å². The van der Waals surface area contributed by atoms with Crippen molar-refractivity contribution in [2.75, 3.05) is 31.6 Å². The van der Waals surface area contributed by atoms with Gasteiger partial charge in [-0.1, -0.05) is 0 Å². The smallest absolute Gasteiger partial charge is 0.228 e. The highest BCUT2D eigenvalue weighted by Gasteiger charge is 2.39. The second-order valence-electron chi connectivity index (χ2n) is 6.62. The summed E-state index contributed by atoms with van der Waals surface area (Å²) in [5, 5.41) is 3.38. The van der Waals surface area contributed by atoms with Crippen LogP contribution in [0.5, 0.6) is 5.75 Å². The van der Waals surface area contributed by atoms with Gasteiger partial charge in [0, 0.05) is 43.8 Å². The third-order valence-corrected chi connectivity index (χ3v) is 5.18. The van der Waals surface area contributed by atoms with Crippen molar-refractivity contribution < 1.29 is 14.3 Å². The van der Waals surface area contributed by atoms with Gasteiger partial charge in [-0.2, -0.15) is 0 Å². The van der Waals surface area contributed by atoms with Gasteiger partial charge in [-0.15, -0.1) is 0 Å². The van der Waals surface area contributed by atoms with Crippen LogP contribution in [0.3, 0.4) is 0 Å². The molecule has 0 spiro atoms. The van der Waals surface area contributed by atoms with E-state index in [2.05, 4.69) is 19.2 Å². The lowest BCUT2D eigenvalue weighted by atomic mass is 10.0. The lowest BCUT2D eigenvalue weighted by molar-refractivity contribution is -0.139. The normalized spacial score (nSPS) is 27.5. The number of rotatable bonds is 3. The first kappa shape index (κ1) is 16.8. The Hall–Kier alpha value is -2.08. The van der Waals surface area contributed by atoms with E-state index in [9.17, 15) is 9.59 Å². The zero-order valence-corrected chi connectivity index (χ0v) is 14.5. The molecule has 2 amide bonds. The van der Waals surface area contributed by atoms with Crippen LogP contribution < -0.4 is 15.0 Å². The molecule has 3 atom stereocenters. The summed E-state index contributed by atoms with van der Waals surface area (Å²) in [4.78, 5) is 28.9. The molecule has 6 heteroatoms. The molecule has 1 aromatic carbocycles. The van der Waals surface area contributed by atoms with E-state index < -0.39 is 0 Å². The molecular formula is C18H25N3O3. The molecule has 6 nitrogen and oxygen atoms in total. The van der Waals surface area contributed by atoms with E-state index in [1.807, 2.05) is 29.2 Å². The molecule has 0 aromatic heterocycles. The number of nitrogens with zero attached hydrogens (tertiary/aromatic N) is 2. The number of carbonyl (C=O) groups is 2. The van der Waals surface area contributed by atoms with Crippen molar-refractivity contribution in [2.24, 2.45) is 5.92 Å². The van der Waals surface area contributed by atoms with Gasteiger partial charge in [-0.05, 0) is 38.1 Å². The largest absolute Gasteiger partial charge is 0.497 e. The molecule has 0 aliphatic carbocycles. The summed E-state index contributed by atoms with van der Waals surface area (Å²) < 4.78 is 5.15. The Balaban J connectivity index is 1.70. The summed E-state index contributed by atoms with van der Waals surface area (Å²) in [6.45, 7) is 6.12. The SMILES string of the molecule is COc1ccc(N2CC(C(=O)N3CCNC(C)C3C)CC2=O)cc1. The number of nitrogens with one attached hydrogen (secondary N) is 1. The molecule has 0 bridgehead atoms. The summed E-state index contributed by atoms with van der Waals surface area (Å²) in [5.41, 5.74) is 0.817. The fourth-order valence-electron chi connectivity index (χ4n) is 3.49. The average molecular weight is 331 g/mol. The number of hydrogen-bond donors (Lipinski definition) is 1. The number of piperazine rings is 1. The van der Waals surface area contributed by atoms with Crippen LogP contribution in [-0.4, -0.2) is 55.5 Å². The molecule has 2 fully saturated rings. The highest BCUT2D eigenvalue weighted by atomic mass is 16.5. The molecule has 24 heavy (non-hydrogen) atoms. The lowest BCUT2D eigenvalue weighted by Gasteiger charge is -2.39. The Morgan fingerprint density at radius 3 is 2.62 bits per heavy atom. The minimum absolute atomic E-state index is 0.00866. The van der Waals surface area contributed by atoms with Gasteiger partial charge in [-0.25, -0.2) is 0 Å². The van der Waals surface area contributed by atoms with Crippen LogP contribution in [0.4, 0.5) is 5.69 Å². The van der Waals surface area contributed by atoms with E-state index in [0.717, 1.165) is 18.0 Å². The molecular weight excluding hydrogens is 306 g/mol. The number of amides is 2. The summed E-state index contributed by atoms with van der Waals surface area (Å²) in [6, 6.07) is 7.81. The van der Waals surface area contributed by atoms with Gasteiger partial charge in [0.25, 0.3) is 0 Å². The van der Waals surface area contributed by atoms with Crippen molar-refractivity contribution in [3.63, 3.8) is 0 Å². The van der Waals surface area contributed by atoms with E-state index in [1.165, 1.54) is 0 Å². The van der Waals surface area contributed by atoms with Crippen LogP contribution in [0.25, 0.3) is 0 Å². The van der Waals surface area contributed by atoms with Crippen LogP contribution in [0.1, 0.15) is 20.3 Å². The quantitative estimate of drug-likeness (QED) is 0.906. The summed E-state index contributed by atoms with van der Waals surface area (Å²) in [7, 11) is 1.61. The summed E-state index contributed by atoms with van der Waals surface area (Å²) >= 11 is 0. The maximum absolute atomic E-state index is 12.9. The minimum Gasteiger partial charge on any atom is -0.497 e. The van der Waals surface area contributed by atoms with Crippen molar-refractivity contribution in [1.82, 2.24) is 10.2 Å². The van der Waals surface area contributed by atoms with Crippen LogP contribution in [0.15, 0.2) is 24.3 Å². The van der Waals surface area contributed by atoms with E-state index in [4.69, 9.17) is 4.74 Å². The van der Waals surface area contributed by atoms with E-state index in [-0.39, 0.29) is 36.2 Å². The minimum atomic E-state index is -0.257. The molecule has 2 aliphatic rings. The zero-order valence-electron chi connectivity index (χ0n) is 14.5. The standard InChI is InChI=1S/C18H25N3O3/c1-12-13(2)20(9-8-19-12)18(23)14-10-17(22)21(11-14)15-4-6-16(24-3)7-5-15/h4-7,12-14,19H,8-11H2,1-3H3. The second-order valence-corrected chi connectivity index (χ2v) is 6.62. The molecule has 2 aliphatic heterocycles. The fraction of sp³-hybridized carbons (Fsp3) is 0.556. The first-order chi connectivity index (χ1) is 11.5. The van der Waals surface area contributed by atoms with Crippen LogP contribution in [0.2, 0.25) is 0 Å². The van der Waals surface area contributed by atoms with E-state index in [0.29, 0.717) is 13.1 Å². The monoisotopic (exact) mass is 331 g/mol. The molecule has 130 valence electrons. The van der Waals surface area contributed by atoms with Gasteiger partial charge in [-0.3, -0.25) is 9.59 Å². The molecule has 0 saturated carbocycles. The lowest BCUT2D eigenvalue weighted by Crippen LogP contribution is -2.58. The van der Waals surface area contributed by atoms with Crippen molar-refractivity contribution in [2.45, 2.75) is 32.4 Å². The maximum atomic E-state index is 12.9. The Kier molecular flexibility index (Phi) is 4.76. The second kappa shape index (κ2) is 6.81. The Bertz CT molecular complexity index is 616. The highest BCUT2D eigenvalue weighted by molar-refractivity contribution is 6.00. The summed E-state index contributed by atoms with van der Waals surface area (Å²) in [5.74, 6) is 0.601. The van der Waals surface area contributed by atoms with Gasteiger partial charge < -0.3 is 19.9 Å². The van der Waals surface area contributed by atoms with Crippen molar-refractivity contribution in [3.8, 4) is 5.75 Å². The van der Waals surface area contributed by atoms with Crippen LogP contribution in [-0.2, 0) is 9.59 Å². The average Bonchev–Trinajstić information content (AvgIpc) is 2.98. The Morgan fingerprint density at radius 1 is 1.25 bits per heavy atom. The van der Waals surface area contributed by atoms with Crippen LogP contribution >= 0.6 is 0 Å². The van der Waals surface area contributed by atoms with Gasteiger partial charge in [0.1, 0.15) is 5.75 Å². The number of carbonyl (C=O) groups excluding carboxylic acids is 2. The third kappa shape index (κ3) is 3.11. The summed E-state index contributed by atoms with van der Waals surface area (Å²) in [6.07, 6.45) is 0.288. The zero-order chi connectivity index (χ0) is 17.3. The van der Waals surface area contributed by atoms with Gasteiger partial charge in [0.15, 0.2) is 0 Å². The van der Waals surface area contributed by atoms with E-state index in [1.54, 1.807) is 12.0 Å². The van der Waals surface area contributed by atoms with Crippen molar-refractivity contribution in [3.05, 3.63) is 24.3 Å². The van der Waals surface area contributed by atoms with Gasteiger partial charge in [0.2, 0.25) is 11.8 Å². The van der Waals surface area contributed by atoms with Crippen molar-refractivity contribution in [1.29, 1.82) is 0 Å². The third-order valence-electron chi connectivity index (χ3n) is 5.18. The first-order valence-electron chi connectivity index (χ1n) is 8.49. The molecule has 3 unspecified atom stereocenters. The molecule has 2 heterocycles. The molecule has 2 saturated heterocycles. The van der Waals surface area contributed by atoms with Gasteiger partial charge >= 0.3 is 0 Å². The number of benzene rings is 1. The molecule has 1 N–H and O–H groups in total. The Labute approximate surface area is 142 Å². The number of ether oxygens (including phenoxy) is 1. The predicted molar refractivity (Wildman–Crippen MR) is 92.1 cm³/mol.